The normalized spacial score (nSPS) is 16.4. The molecule has 0 atom stereocenters. The van der Waals surface area contributed by atoms with Gasteiger partial charge in [-0.25, -0.2) is 14.4 Å². The van der Waals surface area contributed by atoms with Gasteiger partial charge in [0.25, 0.3) is 0 Å². The maximum atomic E-state index is 13.0. The molecule has 1 aromatic heterocycles. The van der Waals surface area contributed by atoms with Crippen LogP contribution in [0, 0.1) is 5.82 Å². The third-order valence-corrected chi connectivity index (χ3v) is 3.61. The van der Waals surface area contributed by atoms with Crippen LogP contribution in [0.4, 0.5) is 10.3 Å². The van der Waals surface area contributed by atoms with Gasteiger partial charge in [-0.1, -0.05) is 0 Å². The van der Waals surface area contributed by atoms with Crippen molar-refractivity contribution in [2.24, 2.45) is 5.73 Å². The number of nitrogens with zero attached hydrogens (tertiary/aromatic N) is 3. The van der Waals surface area contributed by atoms with Crippen molar-refractivity contribution < 1.29 is 4.39 Å². The fourth-order valence-electron chi connectivity index (χ4n) is 2.38. The standard InChI is InChI=1S/C15H17FN4/c16-12-3-1-11(2-4-12)14-5-8-18-15(19-14)20-9-6-13(17)7-10-20/h1-5,8,13H,6-7,9-10,17H2. The van der Waals surface area contributed by atoms with E-state index >= 15 is 0 Å². The lowest BCUT2D eigenvalue weighted by atomic mass is 10.1. The van der Waals surface area contributed by atoms with Gasteiger partial charge in [0.1, 0.15) is 5.82 Å². The molecule has 2 N–H and O–H groups in total. The number of aromatic nitrogens is 2. The summed E-state index contributed by atoms with van der Waals surface area (Å²) in [6.07, 6.45) is 3.67. The average Bonchev–Trinajstić information content (AvgIpc) is 2.49. The van der Waals surface area contributed by atoms with E-state index in [0.29, 0.717) is 0 Å². The molecule has 1 aliphatic heterocycles. The van der Waals surface area contributed by atoms with Gasteiger partial charge < -0.3 is 10.6 Å². The van der Waals surface area contributed by atoms with Gasteiger partial charge in [0.05, 0.1) is 5.69 Å². The quantitative estimate of drug-likeness (QED) is 0.910. The second-order valence-corrected chi connectivity index (χ2v) is 5.07. The summed E-state index contributed by atoms with van der Waals surface area (Å²) in [5.41, 5.74) is 7.61. The van der Waals surface area contributed by atoms with E-state index < -0.39 is 0 Å². The molecule has 0 radical (unpaired) electrons. The molecule has 104 valence electrons. The van der Waals surface area contributed by atoms with E-state index in [1.54, 1.807) is 18.3 Å². The minimum Gasteiger partial charge on any atom is -0.341 e. The summed E-state index contributed by atoms with van der Waals surface area (Å²) < 4.78 is 13.0. The maximum Gasteiger partial charge on any atom is 0.225 e. The Balaban J connectivity index is 1.84. The molecule has 4 nitrogen and oxygen atoms in total. The van der Waals surface area contributed by atoms with E-state index in [1.165, 1.54) is 12.1 Å². The van der Waals surface area contributed by atoms with Gasteiger partial charge in [0.15, 0.2) is 0 Å². The first-order valence-corrected chi connectivity index (χ1v) is 6.82. The Morgan fingerprint density at radius 2 is 1.80 bits per heavy atom. The van der Waals surface area contributed by atoms with Crippen molar-refractivity contribution in [3.63, 3.8) is 0 Å². The lowest BCUT2D eigenvalue weighted by molar-refractivity contribution is 0.495. The number of benzene rings is 1. The fourth-order valence-corrected chi connectivity index (χ4v) is 2.38. The zero-order valence-corrected chi connectivity index (χ0v) is 11.2. The van der Waals surface area contributed by atoms with Crippen molar-refractivity contribution >= 4 is 5.95 Å². The van der Waals surface area contributed by atoms with Crippen LogP contribution in [-0.4, -0.2) is 29.1 Å². The molecule has 3 rings (SSSR count). The lowest BCUT2D eigenvalue weighted by Gasteiger charge is -2.30. The Morgan fingerprint density at radius 1 is 1.10 bits per heavy atom. The van der Waals surface area contributed by atoms with Gasteiger partial charge in [-0.15, -0.1) is 0 Å². The highest BCUT2D eigenvalue weighted by molar-refractivity contribution is 5.60. The number of anilines is 1. The highest BCUT2D eigenvalue weighted by Crippen LogP contribution is 2.21. The largest absolute Gasteiger partial charge is 0.341 e. The van der Waals surface area contributed by atoms with Crippen LogP contribution in [0.15, 0.2) is 36.5 Å². The number of rotatable bonds is 2. The predicted octanol–water partition coefficient (Wildman–Crippen LogP) is 2.21. The molecule has 0 saturated carbocycles. The van der Waals surface area contributed by atoms with Crippen LogP contribution in [0.5, 0.6) is 0 Å². The molecule has 1 fully saturated rings. The summed E-state index contributed by atoms with van der Waals surface area (Å²) in [4.78, 5) is 11.1. The summed E-state index contributed by atoms with van der Waals surface area (Å²) in [5.74, 6) is 0.478. The SMILES string of the molecule is NC1CCN(c2nccc(-c3ccc(F)cc3)n2)CC1. The molecule has 0 bridgehead atoms. The Bertz CT molecular complexity index is 577. The van der Waals surface area contributed by atoms with Crippen LogP contribution < -0.4 is 10.6 Å². The third kappa shape index (κ3) is 2.77. The summed E-state index contributed by atoms with van der Waals surface area (Å²) in [6, 6.07) is 8.47. The van der Waals surface area contributed by atoms with Crippen LogP contribution in [-0.2, 0) is 0 Å². The van der Waals surface area contributed by atoms with Gasteiger partial charge in [-0.2, -0.15) is 0 Å². The molecular weight excluding hydrogens is 255 g/mol. The minimum atomic E-state index is -0.243. The third-order valence-electron chi connectivity index (χ3n) is 3.61. The first-order valence-electron chi connectivity index (χ1n) is 6.82. The Labute approximate surface area is 117 Å². The second-order valence-electron chi connectivity index (χ2n) is 5.07. The van der Waals surface area contributed by atoms with Gasteiger partial charge in [-0.3, -0.25) is 0 Å². The average molecular weight is 272 g/mol. The summed E-state index contributed by atoms with van der Waals surface area (Å²) >= 11 is 0. The van der Waals surface area contributed by atoms with Gasteiger partial charge >= 0.3 is 0 Å². The van der Waals surface area contributed by atoms with E-state index in [-0.39, 0.29) is 11.9 Å². The fraction of sp³-hybridized carbons (Fsp3) is 0.333. The van der Waals surface area contributed by atoms with E-state index in [4.69, 9.17) is 5.73 Å². The number of piperidine rings is 1. The summed E-state index contributed by atoms with van der Waals surface area (Å²) in [6.45, 7) is 1.77. The van der Waals surface area contributed by atoms with E-state index in [1.807, 2.05) is 6.07 Å². The second kappa shape index (κ2) is 5.54. The van der Waals surface area contributed by atoms with E-state index in [0.717, 1.165) is 43.1 Å². The number of nitrogens with two attached hydrogens (primary N) is 1. The molecule has 0 amide bonds. The first kappa shape index (κ1) is 13.0. The molecule has 1 aromatic carbocycles. The van der Waals surface area contributed by atoms with Gasteiger partial charge in [0.2, 0.25) is 5.95 Å². The highest BCUT2D eigenvalue weighted by Gasteiger charge is 2.18. The first-order chi connectivity index (χ1) is 9.72. The Hall–Kier alpha value is -2.01. The minimum absolute atomic E-state index is 0.243. The zero-order valence-electron chi connectivity index (χ0n) is 11.2. The molecule has 1 aliphatic rings. The van der Waals surface area contributed by atoms with Gasteiger partial charge in [0, 0.05) is 30.9 Å². The number of halogens is 1. The zero-order chi connectivity index (χ0) is 13.9. The topological polar surface area (TPSA) is 55.0 Å². The van der Waals surface area contributed by atoms with Crippen LogP contribution in [0.1, 0.15) is 12.8 Å². The maximum absolute atomic E-state index is 13.0. The number of hydrogen-bond acceptors (Lipinski definition) is 4. The molecule has 2 aromatic rings. The van der Waals surface area contributed by atoms with Crippen molar-refractivity contribution in [1.29, 1.82) is 0 Å². The van der Waals surface area contributed by atoms with Crippen LogP contribution in [0.3, 0.4) is 0 Å². The molecule has 0 aliphatic carbocycles. The van der Waals surface area contributed by atoms with Crippen LogP contribution in [0.2, 0.25) is 0 Å². The summed E-state index contributed by atoms with van der Waals surface area (Å²) in [7, 11) is 0. The van der Waals surface area contributed by atoms with Crippen LogP contribution in [0.25, 0.3) is 11.3 Å². The predicted molar refractivity (Wildman–Crippen MR) is 76.8 cm³/mol. The van der Waals surface area contributed by atoms with Crippen molar-refractivity contribution in [2.45, 2.75) is 18.9 Å². The van der Waals surface area contributed by atoms with Gasteiger partial charge in [-0.05, 0) is 43.2 Å². The Kier molecular flexibility index (Phi) is 3.60. The van der Waals surface area contributed by atoms with Crippen molar-refractivity contribution in [3.05, 3.63) is 42.3 Å². The molecule has 0 unspecified atom stereocenters. The van der Waals surface area contributed by atoms with Crippen molar-refractivity contribution in [1.82, 2.24) is 9.97 Å². The lowest BCUT2D eigenvalue weighted by Crippen LogP contribution is -2.40. The highest BCUT2D eigenvalue weighted by atomic mass is 19.1. The van der Waals surface area contributed by atoms with Crippen molar-refractivity contribution in [3.8, 4) is 11.3 Å². The smallest absolute Gasteiger partial charge is 0.225 e. The van der Waals surface area contributed by atoms with Crippen LogP contribution >= 0.6 is 0 Å². The molecule has 2 heterocycles. The molecule has 5 heteroatoms. The molecular formula is C15H17FN4. The Morgan fingerprint density at radius 3 is 2.50 bits per heavy atom. The number of hydrogen-bond donors (Lipinski definition) is 1. The molecule has 20 heavy (non-hydrogen) atoms. The molecule has 1 saturated heterocycles. The summed E-state index contributed by atoms with van der Waals surface area (Å²) in [5, 5.41) is 0. The van der Waals surface area contributed by atoms with E-state index in [2.05, 4.69) is 14.9 Å². The van der Waals surface area contributed by atoms with Crippen molar-refractivity contribution in [2.75, 3.05) is 18.0 Å². The molecule has 0 spiro atoms. The monoisotopic (exact) mass is 272 g/mol. The van der Waals surface area contributed by atoms with E-state index in [9.17, 15) is 4.39 Å².